The van der Waals surface area contributed by atoms with Crippen LogP contribution in [0.5, 0.6) is 11.5 Å². The average Bonchev–Trinajstić information content (AvgIpc) is 3.22. The van der Waals surface area contributed by atoms with Crippen LogP contribution in [0.4, 0.5) is 0 Å². The maximum atomic E-state index is 13.3. The van der Waals surface area contributed by atoms with E-state index in [-0.39, 0.29) is 72.6 Å². The van der Waals surface area contributed by atoms with Gasteiger partial charge in [-0.05, 0) is 71.8 Å². The van der Waals surface area contributed by atoms with Crippen molar-refractivity contribution < 1.29 is 97.7 Å². The lowest BCUT2D eigenvalue weighted by Gasteiger charge is -2.30. The Morgan fingerprint density at radius 3 is 1.19 bits per heavy atom. The van der Waals surface area contributed by atoms with Gasteiger partial charge in [-0.2, -0.15) is 0 Å². The van der Waals surface area contributed by atoms with Crippen molar-refractivity contribution in [2.24, 2.45) is 0 Å². The Morgan fingerprint density at radius 2 is 0.847 bits per heavy atom. The first-order valence-electron chi connectivity index (χ1n) is 19.6. The van der Waals surface area contributed by atoms with Crippen molar-refractivity contribution in [2.75, 3.05) is 91.8 Å². The molecule has 2 fully saturated rings. The molecule has 0 aromatic heterocycles. The number of nitrogens with one attached hydrogen (secondary N) is 4. The number of sulfone groups is 1. The number of halogens is 4. The van der Waals surface area contributed by atoms with Crippen molar-refractivity contribution >= 4 is 22.4 Å². The third-order valence-electron chi connectivity index (χ3n) is 10.6. The quantitative estimate of drug-likeness (QED) is 0.0554. The molecule has 2 unspecified atom stereocenters. The van der Waals surface area contributed by atoms with E-state index in [1.165, 1.54) is 45.2 Å². The van der Waals surface area contributed by atoms with Gasteiger partial charge in [0.15, 0.2) is 9.79 Å². The standard InChI is InChI=1S/C44H54N4O6S.4ClH/c49-39(33-47-29-25-45(26-30-47)23-7-13-37-9-3-1-4-10-37)35-53-41-15-19-43(20-16-41)55(51,52)44-21-17-42(18-22-44)54-36-40(50)34-48-31-27-46(28-32-48)24-8-14-38-11-5-2-6-12-38;;;;/h1-22,39-40,49-50H,23-36H2;4*1H/b13-7+,14-8+;;;;. The predicted octanol–water partition coefficient (Wildman–Crippen LogP) is -12.8. The molecular weight excluding hydrogens is 854 g/mol. The molecule has 6 rings (SSSR count). The van der Waals surface area contributed by atoms with Crippen LogP contribution in [0.25, 0.3) is 12.2 Å². The van der Waals surface area contributed by atoms with E-state index < -0.39 is 22.4 Å². The van der Waals surface area contributed by atoms with E-state index in [0.29, 0.717) is 24.6 Å². The third-order valence-corrected chi connectivity index (χ3v) is 12.3. The molecule has 0 aliphatic carbocycles. The minimum Gasteiger partial charge on any atom is -1.00 e. The monoisotopic (exact) mass is 910 g/mol. The van der Waals surface area contributed by atoms with E-state index >= 15 is 0 Å². The second kappa shape index (κ2) is 27.0. The molecule has 2 aliphatic heterocycles. The van der Waals surface area contributed by atoms with Crippen LogP contribution in [0, 0.1) is 0 Å². The van der Waals surface area contributed by atoms with Crippen LogP contribution in [-0.2, 0) is 14.4 Å². The van der Waals surface area contributed by atoms with Crippen LogP contribution < -0.4 is 78.7 Å². The Balaban J connectivity index is 0.00000300. The molecule has 2 atom stereocenters. The Hall–Kier alpha value is -3.01. The Morgan fingerprint density at radius 1 is 0.525 bits per heavy atom. The summed E-state index contributed by atoms with van der Waals surface area (Å²) < 4.78 is 38.3. The van der Waals surface area contributed by atoms with Crippen LogP contribution in [0.1, 0.15) is 11.1 Å². The lowest BCUT2D eigenvalue weighted by Crippen LogP contribution is -3.28. The van der Waals surface area contributed by atoms with Crippen molar-refractivity contribution in [1.82, 2.24) is 0 Å². The van der Waals surface area contributed by atoms with Crippen LogP contribution in [-0.4, -0.2) is 119 Å². The van der Waals surface area contributed by atoms with Gasteiger partial charge in [0, 0.05) is 0 Å². The van der Waals surface area contributed by atoms with E-state index in [4.69, 9.17) is 9.47 Å². The summed E-state index contributed by atoms with van der Waals surface area (Å²) in [5.74, 6) is 1.02. The first kappa shape index (κ1) is 52.1. The van der Waals surface area contributed by atoms with Gasteiger partial charge in [-0.25, -0.2) is 0 Å². The van der Waals surface area contributed by atoms with Crippen molar-refractivity contribution in [3.8, 4) is 11.5 Å². The highest BCUT2D eigenvalue weighted by molar-refractivity contribution is 7.97. The van der Waals surface area contributed by atoms with Gasteiger partial charge in [-0.1, -0.05) is 77.0 Å². The fraction of sp³-hybridized carbons (Fsp3) is 0.364. The summed E-state index contributed by atoms with van der Waals surface area (Å²) >= 11 is 0. The predicted molar refractivity (Wildman–Crippen MR) is 214 cm³/mol. The molecular formula is C44H58Cl4N4O6S. The lowest BCUT2D eigenvalue weighted by atomic mass is 10.2. The SMILES string of the molecule is O=[S+]([O-])(c1ccc(OCC(O)C[NH+]2CC[NH+](C/C=C/c3ccccc3)CC2)cc1)c1ccc(OCC(O)C[NH+]2CC[NH+](C/C=C/c3ccccc3)CC2)cc1.[Cl-].[Cl-].[Cl-].[Cl-]. The molecule has 6 N–H and O–H groups in total. The molecule has 0 bridgehead atoms. The number of hydrogen-bond acceptors (Lipinski definition) is 6. The average molecular weight is 913 g/mol. The third kappa shape index (κ3) is 17.1. The van der Waals surface area contributed by atoms with Gasteiger partial charge < -0.3 is 93.5 Å². The fourth-order valence-corrected chi connectivity index (χ4v) is 8.58. The van der Waals surface area contributed by atoms with Gasteiger partial charge in [-0.3, -0.25) is 0 Å². The summed E-state index contributed by atoms with van der Waals surface area (Å²) in [6.45, 7) is 11.8. The highest BCUT2D eigenvalue weighted by Crippen LogP contribution is 2.29. The van der Waals surface area contributed by atoms with Gasteiger partial charge in [0.05, 0.1) is 13.1 Å². The molecule has 10 nitrogen and oxygen atoms in total. The van der Waals surface area contributed by atoms with Crippen LogP contribution in [0.15, 0.2) is 131 Å². The summed E-state index contributed by atoms with van der Waals surface area (Å²) in [7, 11) is -3.75. The van der Waals surface area contributed by atoms with Crippen molar-refractivity contribution in [1.29, 1.82) is 0 Å². The van der Waals surface area contributed by atoms with Gasteiger partial charge in [0.1, 0.15) is 113 Å². The summed E-state index contributed by atoms with van der Waals surface area (Å²) in [5.41, 5.74) is 2.44. The zero-order valence-electron chi connectivity index (χ0n) is 33.2. The van der Waals surface area contributed by atoms with Gasteiger partial charge in [-0.15, -0.1) is 0 Å². The van der Waals surface area contributed by atoms with Gasteiger partial charge in [0.25, 0.3) is 0 Å². The smallest absolute Gasteiger partial charge is 0.161 e. The number of quaternary nitrogens is 4. The molecule has 324 valence electrons. The Kier molecular flexibility index (Phi) is 23.9. The highest BCUT2D eigenvalue weighted by Gasteiger charge is 2.27. The second-order valence-electron chi connectivity index (χ2n) is 14.8. The van der Waals surface area contributed by atoms with Crippen LogP contribution in [0.2, 0.25) is 0 Å². The minimum atomic E-state index is -3.75. The topological polar surface area (TPSA) is 117 Å². The number of aliphatic hydroxyl groups excluding tert-OH is 2. The zero-order chi connectivity index (χ0) is 38.3. The molecule has 2 heterocycles. The van der Waals surface area contributed by atoms with E-state index in [1.54, 1.807) is 34.1 Å². The molecule has 0 spiro atoms. The molecule has 2 aliphatic rings. The zero-order valence-corrected chi connectivity index (χ0v) is 37.0. The first-order valence-corrected chi connectivity index (χ1v) is 21.1. The maximum absolute atomic E-state index is 13.3. The number of benzene rings is 4. The van der Waals surface area contributed by atoms with E-state index in [0.717, 1.165) is 65.4 Å². The van der Waals surface area contributed by atoms with Gasteiger partial charge in [0.2, 0.25) is 0 Å². The van der Waals surface area contributed by atoms with Crippen molar-refractivity contribution in [3.63, 3.8) is 0 Å². The molecule has 4 aromatic rings. The minimum absolute atomic E-state index is 0. The number of ether oxygens (including phenoxy) is 2. The molecule has 59 heavy (non-hydrogen) atoms. The summed E-state index contributed by atoms with van der Waals surface area (Å²) in [4.78, 5) is 6.16. The Bertz CT molecular complexity index is 1700. The van der Waals surface area contributed by atoms with Crippen LogP contribution >= 0.6 is 0 Å². The number of rotatable bonds is 18. The van der Waals surface area contributed by atoms with E-state index in [2.05, 4.69) is 48.6 Å². The van der Waals surface area contributed by atoms with Gasteiger partial charge >= 0.3 is 0 Å². The van der Waals surface area contributed by atoms with E-state index in [1.807, 2.05) is 36.4 Å². The normalized spacial score (nSPS) is 21.1. The van der Waals surface area contributed by atoms with Crippen molar-refractivity contribution in [2.45, 2.75) is 22.0 Å². The highest BCUT2D eigenvalue weighted by atomic mass is 35.5. The lowest BCUT2D eigenvalue weighted by molar-refractivity contribution is -1.01. The fourth-order valence-electron chi connectivity index (χ4n) is 7.32. The first-order chi connectivity index (χ1) is 26.8. The molecule has 0 radical (unpaired) electrons. The summed E-state index contributed by atoms with van der Waals surface area (Å²) in [6.07, 6.45) is 7.61. The Labute approximate surface area is 375 Å². The number of aliphatic hydroxyl groups is 2. The largest absolute Gasteiger partial charge is 1.00 e. The summed E-state index contributed by atoms with van der Waals surface area (Å²) in [6, 6.07) is 33.3. The summed E-state index contributed by atoms with van der Waals surface area (Å²) in [5, 5.41) is 21.3. The molecule has 4 aromatic carbocycles. The number of piperazine rings is 2. The van der Waals surface area contributed by atoms with Crippen molar-refractivity contribution in [3.05, 3.63) is 132 Å². The molecule has 0 saturated carbocycles. The maximum Gasteiger partial charge on any atom is 0.161 e. The van der Waals surface area contributed by atoms with E-state index in [9.17, 15) is 19.0 Å². The van der Waals surface area contributed by atoms with Crippen LogP contribution in [0.3, 0.4) is 0 Å². The number of hydrogen-bond donors (Lipinski definition) is 6. The molecule has 15 heteroatoms. The molecule has 0 amide bonds. The second-order valence-corrected chi connectivity index (χ2v) is 16.8. The molecule has 2 saturated heterocycles.